The summed E-state index contributed by atoms with van der Waals surface area (Å²) in [6, 6.07) is 9.80. The molecule has 2 nitrogen and oxygen atoms in total. The van der Waals surface area contributed by atoms with Crippen molar-refractivity contribution in [1.82, 2.24) is 0 Å². The van der Waals surface area contributed by atoms with Crippen molar-refractivity contribution >= 4 is 5.97 Å². The number of benzene rings is 1. The summed E-state index contributed by atoms with van der Waals surface area (Å²) in [6.45, 7) is 2.46. The van der Waals surface area contributed by atoms with Gasteiger partial charge in [-0.25, -0.2) is 0 Å². The summed E-state index contributed by atoms with van der Waals surface area (Å²) in [5, 5.41) is 0. The van der Waals surface area contributed by atoms with Gasteiger partial charge in [0.25, 0.3) is 0 Å². The SMILES string of the molecule is C[C@@H]1C=CCC[C@@H]1C(=O)OCc1ccccc1. The van der Waals surface area contributed by atoms with Crippen molar-refractivity contribution in [1.29, 1.82) is 0 Å². The Morgan fingerprint density at radius 3 is 2.82 bits per heavy atom. The number of hydrogen-bond donors (Lipinski definition) is 0. The second-order valence-electron chi connectivity index (χ2n) is 4.56. The number of ether oxygens (including phenoxy) is 1. The van der Waals surface area contributed by atoms with Gasteiger partial charge in [-0.15, -0.1) is 0 Å². The highest BCUT2D eigenvalue weighted by molar-refractivity contribution is 5.73. The van der Waals surface area contributed by atoms with Gasteiger partial charge >= 0.3 is 5.97 Å². The van der Waals surface area contributed by atoms with Crippen LogP contribution in [0.4, 0.5) is 0 Å². The quantitative estimate of drug-likeness (QED) is 0.588. The van der Waals surface area contributed by atoms with Crippen molar-refractivity contribution in [3.05, 3.63) is 48.0 Å². The smallest absolute Gasteiger partial charge is 0.309 e. The number of carbonyl (C=O) groups excluding carboxylic acids is 1. The van der Waals surface area contributed by atoms with Crippen LogP contribution in [0.5, 0.6) is 0 Å². The highest BCUT2D eigenvalue weighted by Gasteiger charge is 2.26. The fourth-order valence-electron chi connectivity index (χ4n) is 2.15. The second-order valence-corrected chi connectivity index (χ2v) is 4.56. The zero-order chi connectivity index (χ0) is 12.1. The molecule has 0 N–H and O–H groups in total. The van der Waals surface area contributed by atoms with Crippen molar-refractivity contribution in [2.24, 2.45) is 11.8 Å². The fraction of sp³-hybridized carbons (Fsp3) is 0.400. The first kappa shape index (κ1) is 11.9. The molecule has 0 radical (unpaired) electrons. The van der Waals surface area contributed by atoms with Gasteiger partial charge in [0.1, 0.15) is 6.61 Å². The van der Waals surface area contributed by atoms with E-state index in [2.05, 4.69) is 19.1 Å². The van der Waals surface area contributed by atoms with Gasteiger partial charge in [-0.05, 0) is 24.3 Å². The van der Waals surface area contributed by atoms with Crippen LogP contribution in [0.15, 0.2) is 42.5 Å². The van der Waals surface area contributed by atoms with Crippen molar-refractivity contribution in [2.75, 3.05) is 0 Å². The van der Waals surface area contributed by atoms with E-state index in [4.69, 9.17) is 4.74 Å². The Balaban J connectivity index is 1.87. The maximum absolute atomic E-state index is 11.9. The zero-order valence-electron chi connectivity index (χ0n) is 10.1. The molecule has 1 aromatic rings. The van der Waals surface area contributed by atoms with Crippen molar-refractivity contribution in [3.8, 4) is 0 Å². The van der Waals surface area contributed by atoms with Crippen LogP contribution in [-0.2, 0) is 16.1 Å². The predicted molar refractivity (Wildman–Crippen MR) is 67.3 cm³/mol. The van der Waals surface area contributed by atoms with Crippen LogP contribution in [0.25, 0.3) is 0 Å². The summed E-state index contributed by atoms with van der Waals surface area (Å²) in [6.07, 6.45) is 6.14. The van der Waals surface area contributed by atoms with Gasteiger partial charge in [0.2, 0.25) is 0 Å². The summed E-state index contributed by atoms with van der Waals surface area (Å²) in [4.78, 5) is 11.9. The molecule has 0 bridgehead atoms. The molecule has 0 unspecified atom stereocenters. The molecule has 2 atom stereocenters. The van der Waals surface area contributed by atoms with Crippen LogP contribution < -0.4 is 0 Å². The predicted octanol–water partition coefficient (Wildman–Crippen LogP) is 3.33. The number of carbonyl (C=O) groups is 1. The van der Waals surface area contributed by atoms with E-state index >= 15 is 0 Å². The topological polar surface area (TPSA) is 26.3 Å². The van der Waals surface area contributed by atoms with Gasteiger partial charge in [0.05, 0.1) is 5.92 Å². The number of allylic oxidation sites excluding steroid dienone is 2. The van der Waals surface area contributed by atoms with Crippen LogP contribution in [0.2, 0.25) is 0 Å². The highest BCUT2D eigenvalue weighted by atomic mass is 16.5. The summed E-state index contributed by atoms with van der Waals surface area (Å²) < 4.78 is 5.37. The summed E-state index contributed by atoms with van der Waals surface area (Å²) in [5.41, 5.74) is 1.04. The Kier molecular flexibility index (Phi) is 3.97. The van der Waals surface area contributed by atoms with E-state index in [-0.39, 0.29) is 11.9 Å². The third-order valence-electron chi connectivity index (χ3n) is 3.25. The molecule has 2 heteroatoms. The Morgan fingerprint density at radius 2 is 2.12 bits per heavy atom. The summed E-state index contributed by atoms with van der Waals surface area (Å²) in [5.74, 6) is 0.265. The molecule has 17 heavy (non-hydrogen) atoms. The van der Waals surface area contributed by atoms with Gasteiger partial charge in [-0.3, -0.25) is 4.79 Å². The van der Waals surface area contributed by atoms with Gasteiger partial charge in [0, 0.05) is 0 Å². The molecule has 1 aliphatic rings. The minimum absolute atomic E-state index is 0.0312. The van der Waals surface area contributed by atoms with Crippen LogP contribution in [0, 0.1) is 11.8 Å². The fourth-order valence-corrected chi connectivity index (χ4v) is 2.15. The third-order valence-corrected chi connectivity index (χ3v) is 3.25. The van der Waals surface area contributed by atoms with E-state index in [1.165, 1.54) is 0 Å². The minimum Gasteiger partial charge on any atom is -0.461 e. The second kappa shape index (κ2) is 5.67. The molecule has 0 saturated carbocycles. The van der Waals surface area contributed by atoms with Crippen LogP contribution in [0.1, 0.15) is 25.3 Å². The van der Waals surface area contributed by atoms with Crippen molar-refractivity contribution < 1.29 is 9.53 Å². The Bertz CT molecular complexity index is 395. The molecule has 90 valence electrons. The van der Waals surface area contributed by atoms with Gasteiger partial charge < -0.3 is 4.74 Å². The summed E-state index contributed by atoms with van der Waals surface area (Å²) >= 11 is 0. The standard InChI is InChI=1S/C15H18O2/c1-12-7-5-6-10-14(12)15(16)17-11-13-8-3-2-4-9-13/h2-5,7-9,12,14H,6,10-11H2,1H3/t12-,14+/m1/s1. The molecular weight excluding hydrogens is 212 g/mol. The molecular formula is C15H18O2. The van der Waals surface area contributed by atoms with Crippen molar-refractivity contribution in [3.63, 3.8) is 0 Å². The highest BCUT2D eigenvalue weighted by Crippen LogP contribution is 2.25. The molecule has 1 aliphatic carbocycles. The van der Waals surface area contributed by atoms with Gasteiger partial charge in [-0.1, -0.05) is 49.4 Å². The first-order valence-corrected chi connectivity index (χ1v) is 6.14. The summed E-state index contributed by atoms with van der Waals surface area (Å²) in [7, 11) is 0. The Labute approximate surface area is 102 Å². The normalized spacial score (nSPS) is 23.4. The Hall–Kier alpha value is -1.57. The number of hydrogen-bond acceptors (Lipinski definition) is 2. The lowest BCUT2D eigenvalue weighted by atomic mass is 9.85. The number of rotatable bonds is 3. The maximum Gasteiger partial charge on any atom is 0.309 e. The van der Waals surface area contributed by atoms with Gasteiger partial charge in [0.15, 0.2) is 0 Å². The lowest BCUT2D eigenvalue weighted by Gasteiger charge is -2.22. The van der Waals surface area contributed by atoms with Crippen LogP contribution >= 0.6 is 0 Å². The van der Waals surface area contributed by atoms with E-state index < -0.39 is 0 Å². The first-order chi connectivity index (χ1) is 8.27. The van der Waals surface area contributed by atoms with Crippen LogP contribution in [0.3, 0.4) is 0 Å². The molecule has 0 fully saturated rings. The van der Waals surface area contributed by atoms with E-state index in [0.717, 1.165) is 18.4 Å². The average Bonchev–Trinajstić information content (AvgIpc) is 2.38. The van der Waals surface area contributed by atoms with E-state index in [1.54, 1.807) is 0 Å². The monoisotopic (exact) mass is 230 g/mol. The Morgan fingerprint density at radius 1 is 1.35 bits per heavy atom. The van der Waals surface area contributed by atoms with Crippen molar-refractivity contribution in [2.45, 2.75) is 26.4 Å². The molecule has 2 rings (SSSR count). The molecule has 0 saturated heterocycles. The lowest BCUT2D eigenvalue weighted by Crippen LogP contribution is -2.24. The van der Waals surface area contributed by atoms with E-state index in [1.807, 2.05) is 30.3 Å². The molecule has 0 aromatic heterocycles. The average molecular weight is 230 g/mol. The molecule has 0 heterocycles. The maximum atomic E-state index is 11.9. The van der Waals surface area contributed by atoms with Gasteiger partial charge in [-0.2, -0.15) is 0 Å². The number of esters is 1. The third kappa shape index (κ3) is 3.19. The minimum atomic E-state index is -0.0642. The van der Waals surface area contributed by atoms with E-state index in [9.17, 15) is 4.79 Å². The first-order valence-electron chi connectivity index (χ1n) is 6.14. The molecule has 0 spiro atoms. The molecule has 0 aliphatic heterocycles. The lowest BCUT2D eigenvalue weighted by molar-refractivity contribution is -0.151. The zero-order valence-corrected chi connectivity index (χ0v) is 10.1. The molecule has 1 aromatic carbocycles. The largest absolute Gasteiger partial charge is 0.461 e. The molecule has 0 amide bonds. The van der Waals surface area contributed by atoms with Crippen LogP contribution in [-0.4, -0.2) is 5.97 Å². The van der Waals surface area contributed by atoms with E-state index in [0.29, 0.717) is 12.5 Å².